The second kappa shape index (κ2) is 5.43. The summed E-state index contributed by atoms with van der Waals surface area (Å²) >= 11 is 0. The van der Waals surface area contributed by atoms with Gasteiger partial charge in [0.25, 0.3) is 5.91 Å². The third-order valence-electron chi connectivity index (χ3n) is 3.34. The molecule has 0 bridgehead atoms. The summed E-state index contributed by atoms with van der Waals surface area (Å²) in [6, 6.07) is 15.5. The lowest BCUT2D eigenvalue weighted by Crippen LogP contribution is -2.31. The summed E-state index contributed by atoms with van der Waals surface area (Å²) in [6.07, 6.45) is -0.441. The Bertz CT molecular complexity index is 615. The van der Waals surface area contributed by atoms with Crippen LogP contribution in [0.25, 0.3) is 0 Å². The van der Waals surface area contributed by atoms with Crippen LogP contribution in [0, 0.1) is 5.82 Å². The Morgan fingerprint density at radius 3 is 2.55 bits per heavy atom. The summed E-state index contributed by atoms with van der Waals surface area (Å²) in [4.78, 5) is 14.0. The van der Waals surface area contributed by atoms with E-state index in [4.69, 9.17) is 4.74 Å². The average Bonchev–Trinajstić information content (AvgIpc) is 2.97. The van der Waals surface area contributed by atoms with Crippen molar-refractivity contribution in [1.82, 2.24) is 4.90 Å². The van der Waals surface area contributed by atoms with Gasteiger partial charge in [0.2, 0.25) is 0 Å². The number of ether oxygens (including phenoxy) is 1. The zero-order valence-electron chi connectivity index (χ0n) is 10.8. The van der Waals surface area contributed by atoms with E-state index in [2.05, 4.69) is 0 Å². The number of hydrogen-bond acceptors (Lipinski definition) is 2. The average molecular weight is 271 g/mol. The number of carbonyl (C=O) groups excluding carboxylic acids is 1. The van der Waals surface area contributed by atoms with Crippen LogP contribution in [-0.4, -0.2) is 24.0 Å². The van der Waals surface area contributed by atoms with Crippen LogP contribution in [-0.2, 0) is 4.74 Å². The van der Waals surface area contributed by atoms with Crippen molar-refractivity contribution in [2.45, 2.75) is 6.23 Å². The first kappa shape index (κ1) is 12.8. The number of nitrogens with zero attached hydrogens (tertiary/aromatic N) is 1. The van der Waals surface area contributed by atoms with Gasteiger partial charge in [0.05, 0.1) is 12.2 Å². The largest absolute Gasteiger partial charge is 0.352 e. The zero-order chi connectivity index (χ0) is 13.9. The number of benzene rings is 2. The smallest absolute Gasteiger partial charge is 0.259 e. The van der Waals surface area contributed by atoms with Crippen LogP contribution in [0.4, 0.5) is 4.39 Å². The van der Waals surface area contributed by atoms with Crippen molar-refractivity contribution in [2.75, 3.05) is 13.2 Å². The molecule has 1 unspecified atom stereocenters. The Labute approximate surface area is 116 Å². The first-order valence-electron chi connectivity index (χ1n) is 6.49. The van der Waals surface area contributed by atoms with Gasteiger partial charge in [0.15, 0.2) is 6.23 Å². The molecule has 3 nitrogen and oxygen atoms in total. The van der Waals surface area contributed by atoms with Crippen LogP contribution in [0.5, 0.6) is 0 Å². The summed E-state index contributed by atoms with van der Waals surface area (Å²) in [5.74, 6) is -0.842. The Morgan fingerprint density at radius 2 is 1.80 bits per heavy atom. The third kappa shape index (κ3) is 2.30. The first-order valence-corrected chi connectivity index (χ1v) is 6.49. The van der Waals surface area contributed by atoms with Crippen LogP contribution < -0.4 is 0 Å². The number of hydrogen-bond donors (Lipinski definition) is 0. The molecular formula is C16H14FNO2. The topological polar surface area (TPSA) is 29.5 Å². The molecule has 4 heteroatoms. The monoisotopic (exact) mass is 271 g/mol. The van der Waals surface area contributed by atoms with Gasteiger partial charge in [-0.25, -0.2) is 4.39 Å². The van der Waals surface area contributed by atoms with E-state index < -0.39 is 12.0 Å². The highest BCUT2D eigenvalue weighted by atomic mass is 19.1. The highest BCUT2D eigenvalue weighted by molar-refractivity contribution is 5.94. The van der Waals surface area contributed by atoms with Gasteiger partial charge in [-0.05, 0) is 12.1 Å². The van der Waals surface area contributed by atoms with Crippen LogP contribution in [0.3, 0.4) is 0 Å². The van der Waals surface area contributed by atoms with Crippen LogP contribution in [0.1, 0.15) is 22.1 Å². The number of halogens is 1. The van der Waals surface area contributed by atoms with Crippen molar-refractivity contribution >= 4 is 5.91 Å². The van der Waals surface area contributed by atoms with Gasteiger partial charge in [-0.3, -0.25) is 4.79 Å². The molecule has 1 fully saturated rings. The SMILES string of the molecule is O=C(c1ccccc1F)N1CCOC1c1ccccc1. The fraction of sp³-hybridized carbons (Fsp3) is 0.188. The van der Waals surface area contributed by atoms with Gasteiger partial charge in [-0.2, -0.15) is 0 Å². The third-order valence-corrected chi connectivity index (χ3v) is 3.34. The van der Waals surface area contributed by atoms with E-state index in [9.17, 15) is 9.18 Å². The molecule has 0 aromatic heterocycles. The molecule has 1 heterocycles. The predicted molar refractivity (Wildman–Crippen MR) is 72.6 cm³/mol. The van der Waals surface area contributed by atoms with Gasteiger partial charge in [0, 0.05) is 12.1 Å². The fourth-order valence-corrected chi connectivity index (χ4v) is 2.36. The van der Waals surface area contributed by atoms with Crippen molar-refractivity contribution < 1.29 is 13.9 Å². The van der Waals surface area contributed by atoms with E-state index >= 15 is 0 Å². The number of carbonyl (C=O) groups is 1. The predicted octanol–water partition coefficient (Wildman–Crippen LogP) is 3.00. The molecule has 0 N–H and O–H groups in total. The second-order valence-corrected chi connectivity index (χ2v) is 4.61. The summed E-state index contributed by atoms with van der Waals surface area (Å²) in [7, 11) is 0. The fourth-order valence-electron chi connectivity index (χ4n) is 2.36. The summed E-state index contributed by atoms with van der Waals surface area (Å²) in [5.41, 5.74) is 0.980. The normalized spacial score (nSPS) is 18.2. The number of rotatable bonds is 2. The highest BCUT2D eigenvalue weighted by Gasteiger charge is 2.32. The molecule has 1 atom stereocenters. The minimum absolute atomic E-state index is 0.0823. The molecule has 2 aromatic rings. The molecule has 1 amide bonds. The standard InChI is InChI=1S/C16H14FNO2/c17-14-9-5-4-8-13(14)15(19)18-10-11-20-16(18)12-6-2-1-3-7-12/h1-9,16H,10-11H2. The lowest BCUT2D eigenvalue weighted by Gasteiger charge is -2.23. The molecule has 2 aromatic carbocycles. The van der Waals surface area contributed by atoms with E-state index in [-0.39, 0.29) is 11.5 Å². The van der Waals surface area contributed by atoms with Crippen molar-refractivity contribution in [3.63, 3.8) is 0 Å². The van der Waals surface area contributed by atoms with Gasteiger partial charge >= 0.3 is 0 Å². The Morgan fingerprint density at radius 1 is 1.10 bits per heavy atom. The minimum atomic E-state index is -0.504. The summed E-state index contributed by atoms with van der Waals surface area (Å²) in [5, 5.41) is 0. The van der Waals surface area contributed by atoms with E-state index in [0.717, 1.165) is 5.56 Å². The maximum Gasteiger partial charge on any atom is 0.259 e. The van der Waals surface area contributed by atoms with Gasteiger partial charge < -0.3 is 9.64 Å². The molecule has 0 radical (unpaired) electrons. The molecular weight excluding hydrogens is 257 g/mol. The van der Waals surface area contributed by atoms with Gasteiger partial charge in [0.1, 0.15) is 5.82 Å². The van der Waals surface area contributed by atoms with Crippen molar-refractivity contribution in [3.8, 4) is 0 Å². The molecule has 1 aliphatic rings. The Hall–Kier alpha value is -2.20. The quantitative estimate of drug-likeness (QED) is 0.840. The number of amides is 1. The van der Waals surface area contributed by atoms with Gasteiger partial charge in [-0.1, -0.05) is 42.5 Å². The second-order valence-electron chi connectivity index (χ2n) is 4.61. The molecule has 0 aliphatic carbocycles. The summed E-state index contributed by atoms with van der Waals surface area (Å²) < 4.78 is 19.4. The maximum absolute atomic E-state index is 13.7. The Balaban J connectivity index is 1.90. The van der Waals surface area contributed by atoms with Crippen LogP contribution >= 0.6 is 0 Å². The first-order chi connectivity index (χ1) is 9.77. The molecule has 1 aliphatic heterocycles. The molecule has 20 heavy (non-hydrogen) atoms. The maximum atomic E-state index is 13.7. The molecule has 1 saturated heterocycles. The van der Waals surface area contributed by atoms with Gasteiger partial charge in [-0.15, -0.1) is 0 Å². The zero-order valence-corrected chi connectivity index (χ0v) is 10.8. The lowest BCUT2D eigenvalue weighted by molar-refractivity contribution is 0.0269. The van der Waals surface area contributed by atoms with E-state index in [1.165, 1.54) is 12.1 Å². The van der Waals surface area contributed by atoms with E-state index in [1.807, 2.05) is 30.3 Å². The van der Waals surface area contributed by atoms with Crippen LogP contribution in [0.15, 0.2) is 54.6 Å². The summed E-state index contributed by atoms with van der Waals surface area (Å²) in [6.45, 7) is 0.923. The molecule has 102 valence electrons. The van der Waals surface area contributed by atoms with Crippen molar-refractivity contribution in [3.05, 3.63) is 71.5 Å². The molecule has 0 spiro atoms. The molecule has 0 saturated carbocycles. The highest BCUT2D eigenvalue weighted by Crippen LogP contribution is 2.28. The van der Waals surface area contributed by atoms with Crippen molar-refractivity contribution in [2.24, 2.45) is 0 Å². The molecule has 3 rings (SSSR count). The van der Waals surface area contributed by atoms with E-state index in [0.29, 0.717) is 13.2 Å². The van der Waals surface area contributed by atoms with Crippen LogP contribution in [0.2, 0.25) is 0 Å². The Kier molecular flexibility index (Phi) is 3.48. The lowest BCUT2D eigenvalue weighted by atomic mass is 10.1. The van der Waals surface area contributed by atoms with Crippen molar-refractivity contribution in [1.29, 1.82) is 0 Å². The van der Waals surface area contributed by atoms with E-state index in [1.54, 1.807) is 17.0 Å². The minimum Gasteiger partial charge on any atom is -0.352 e.